The van der Waals surface area contributed by atoms with Gasteiger partial charge in [-0.3, -0.25) is 9.59 Å². The molecule has 0 aliphatic heterocycles. The number of methoxy groups -OCH3 is 3. The van der Waals surface area contributed by atoms with Gasteiger partial charge in [-0.05, 0) is 47.7 Å². The number of fused-ring (bicyclic) bond motifs is 3. The van der Waals surface area contributed by atoms with E-state index in [-0.39, 0.29) is 5.43 Å². The number of hydrogen-bond donors (Lipinski definition) is 0. The number of nitrogens with zero attached hydrogens (tertiary/aromatic N) is 1. The molecule has 7 nitrogen and oxygen atoms in total. The van der Waals surface area contributed by atoms with Crippen LogP contribution in [0.5, 0.6) is 17.2 Å². The standard InChI is InChI=1S/C21H22NO6/c1-12(23)22(25)17-9-8-13-10-18(26-2)20(27-3)21(28-4)19(13)15-7-5-6-14(24)11-16(15)17/h5-7,10-11,17H,8-9H2,1-4H3/q-1. The molecule has 0 saturated carbocycles. The van der Waals surface area contributed by atoms with Crippen LogP contribution in [-0.4, -0.2) is 32.3 Å². The molecule has 1 amide bonds. The van der Waals surface area contributed by atoms with Crippen molar-refractivity contribution in [1.82, 2.24) is 5.06 Å². The van der Waals surface area contributed by atoms with E-state index >= 15 is 0 Å². The summed E-state index contributed by atoms with van der Waals surface area (Å²) in [4.78, 5) is 24.0. The number of hydroxylamine groups is 2. The van der Waals surface area contributed by atoms with Gasteiger partial charge in [-0.1, -0.05) is 12.1 Å². The normalized spacial score (nSPS) is 15.0. The minimum absolute atomic E-state index is 0.244. The number of rotatable bonds is 4. The largest absolute Gasteiger partial charge is 0.756 e. The summed E-state index contributed by atoms with van der Waals surface area (Å²) in [6.45, 7) is 1.22. The predicted molar refractivity (Wildman–Crippen MR) is 105 cm³/mol. The second-order valence-electron chi connectivity index (χ2n) is 6.52. The molecule has 2 aromatic rings. The van der Waals surface area contributed by atoms with E-state index in [0.29, 0.717) is 46.3 Å². The topological polar surface area (TPSA) is 88.1 Å². The molecule has 0 N–H and O–H groups in total. The smallest absolute Gasteiger partial charge is 0.209 e. The zero-order chi connectivity index (χ0) is 20.4. The molecule has 7 heteroatoms. The van der Waals surface area contributed by atoms with Crippen LogP contribution in [0.25, 0.3) is 11.1 Å². The minimum atomic E-state index is -0.776. The fraction of sp³-hybridized carbons (Fsp3) is 0.333. The van der Waals surface area contributed by atoms with Crippen molar-refractivity contribution >= 4 is 5.91 Å². The molecule has 1 aliphatic rings. The van der Waals surface area contributed by atoms with E-state index < -0.39 is 11.9 Å². The van der Waals surface area contributed by atoms with Crippen LogP contribution in [0, 0.1) is 5.21 Å². The van der Waals surface area contributed by atoms with Gasteiger partial charge in [0, 0.05) is 18.5 Å². The molecular weight excluding hydrogens is 362 g/mol. The third kappa shape index (κ3) is 3.29. The third-order valence-corrected chi connectivity index (χ3v) is 4.95. The fourth-order valence-corrected chi connectivity index (χ4v) is 3.73. The number of carbonyl (C=O) groups is 1. The second kappa shape index (κ2) is 7.90. The Morgan fingerprint density at radius 1 is 1.11 bits per heavy atom. The van der Waals surface area contributed by atoms with E-state index in [1.165, 1.54) is 40.4 Å². The first kappa shape index (κ1) is 19.7. The van der Waals surface area contributed by atoms with Crippen molar-refractivity contribution in [3.05, 3.63) is 56.9 Å². The average Bonchev–Trinajstić information content (AvgIpc) is 2.95. The maximum atomic E-state index is 12.6. The number of benzene rings is 1. The maximum Gasteiger partial charge on any atom is 0.209 e. The first-order valence-electron chi connectivity index (χ1n) is 8.86. The van der Waals surface area contributed by atoms with E-state index in [1.807, 2.05) is 6.07 Å². The van der Waals surface area contributed by atoms with Crippen molar-refractivity contribution in [2.24, 2.45) is 0 Å². The van der Waals surface area contributed by atoms with E-state index in [1.54, 1.807) is 12.1 Å². The summed E-state index contributed by atoms with van der Waals surface area (Å²) in [6, 6.07) is 7.29. The summed E-state index contributed by atoms with van der Waals surface area (Å²) in [7, 11) is 4.58. The quantitative estimate of drug-likeness (QED) is 0.753. The van der Waals surface area contributed by atoms with Crippen molar-refractivity contribution in [2.45, 2.75) is 25.8 Å². The Labute approximate surface area is 163 Å². The van der Waals surface area contributed by atoms with Gasteiger partial charge in [0.2, 0.25) is 11.7 Å². The molecule has 1 unspecified atom stereocenters. The summed E-state index contributed by atoms with van der Waals surface area (Å²) in [5, 5.41) is 13.0. The monoisotopic (exact) mass is 384 g/mol. The molecular formula is C21H22NO6-. The van der Waals surface area contributed by atoms with Crippen molar-refractivity contribution in [3.63, 3.8) is 0 Å². The molecule has 2 aromatic carbocycles. The molecule has 3 rings (SSSR count). The SMILES string of the molecule is COc1cc2c(c(OC)c1OC)-c1cccc(=O)cc1C(N([O-])C(C)=O)CC2. The van der Waals surface area contributed by atoms with Gasteiger partial charge < -0.3 is 24.5 Å². The molecule has 0 fully saturated rings. The molecule has 148 valence electrons. The highest BCUT2D eigenvalue weighted by atomic mass is 16.5. The van der Waals surface area contributed by atoms with Crippen LogP contribution in [0.15, 0.2) is 35.1 Å². The van der Waals surface area contributed by atoms with E-state index in [0.717, 1.165) is 11.1 Å². The van der Waals surface area contributed by atoms with Crippen LogP contribution < -0.4 is 19.6 Å². The minimum Gasteiger partial charge on any atom is -0.756 e. The van der Waals surface area contributed by atoms with E-state index in [4.69, 9.17) is 14.2 Å². The van der Waals surface area contributed by atoms with Gasteiger partial charge in [-0.2, -0.15) is 0 Å². The van der Waals surface area contributed by atoms with Gasteiger partial charge in [0.05, 0.1) is 21.3 Å². The molecule has 0 radical (unpaired) electrons. The highest BCUT2D eigenvalue weighted by Gasteiger charge is 2.29. The Morgan fingerprint density at radius 2 is 1.82 bits per heavy atom. The zero-order valence-electron chi connectivity index (χ0n) is 16.3. The molecule has 1 atom stereocenters. The number of aryl methyl sites for hydroxylation is 1. The van der Waals surface area contributed by atoms with Crippen LogP contribution in [0.1, 0.15) is 30.5 Å². The summed E-state index contributed by atoms with van der Waals surface area (Å²) >= 11 is 0. The first-order chi connectivity index (χ1) is 13.4. The zero-order valence-corrected chi connectivity index (χ0v) is 16.3. The lowest BCUT2D eigenvalue weighted by molar-refractivity contribution is -0.128. The van der Waals surface area contributed by atoms with Crippen LogP contribution in [0.2, 0.25) is 0 Å². The molecule has 0 bridgehead atoms. The molecule has 1 aliphatic carbocycles. The number of hydrogen-bond acceptors (Lipinski definition) is 6. The van der Waals surface area contributed by atoms with Crippen LogP contribution in [-0.2, 0) is 11.2 Å². The van der Waals surface area contributed by atoms with Crippen molar-refractivity contribution in [3.8, 4) is 28.4 Å². The Balaban J connectivity index is 2.40. The summed E-state index contributed by atoms with van der Waals surface area (Å²) in [5.74, 6) is 0.779. The van der Waals surface area contributed by atoms with Gasteiger partial charge in [0.15, 0.2) is 16.9 Å². The summed E-state index contributed by atoms with van der Waals surface area (Å²) in [5.41, 5.74) is 2.51. The van der Waals surface area contributed by atoms with Gasteiger partial charge in [0.1, 0.15) is 0 Å². The van der Waals surface area contributed by atoms with Crippen LogP contribution in [0.3, 0.4) is 0 Å². The lowest BCUT2D eigenvalue weighted by atomic mass is 9.95. The second-order valence-corrected chi connectivity index (χ2v) is 6.52. The predicted octanol–water partition coefficient (Wildman–Crippen LogP) is 3.07. The Kier molecular flexibility index (Phi) is 5.56. The molecule has 0 saturated heterocycles. The van der Waals surface area contributed by atoms with Gasteiger partial charge in [-0.15, -0.1) is 0 Å². The van der Waals surface area contributed by atoms with E-state index in [9.17, 15) is 14.8 Å². The Hall–Kier alpha value is -3.06. The van der Waals surface area contributed by atoms with Crippen LogP contribution >= 0.6 is 0 Å². The first-order valence-corrected chi connectivity index (χ1v) is 8.86. The summed E-state index contributed by atoms with van der Waals surface area (Å²) in [6.07, 6.45) is 0.862. The van der Waals surface area contributed by atoms with Gasteiger partial charge in [0.25, 0.3) is 0 Å². The molecule has 0 aromatic heterocycles. The lowest BCUT2D eigenvalue weighted by Gasteiger charge is -2.36. The van der Waals surface area contributed by atoms with Crippen molar-refractivity contribution in [1.29, 1.82) is 0 Å². The number of ether oxygens (including phenoxy) is 3. The third-order valence-electron chi connectivity index (χ3n) is 4.95. The fourth-order valence-electron chi connectivity index (χ4n) is 3.73. The van der Waals surface area contributed by atoms with Crippen molar-refractivity contribution in [2.75, 3.05) is 21.3 Å². The molecule has 0 spiro atoms. The van der Waals surface area contributed by atoms with Crippen LogP contribution in [0.4, 0.5) is 0 Å². The number of amides is 1. The molecule has 28 heavy (non-hydrogen) atoms. The lowest BCUT2D eigenvalue weighted by Crippen LogP contribution is -2.28. The summed E-state index contributed by atoms with van der Waals surface area (Å²) < 4.78 is 16.6. The van der Waals surface area contributed by atoms with E-state index in [2.05, 4.69) is 0 Å². The van der Waals surface area contributed by atoms with Gasteiger partial charge in [-0.25, -0.2) is 0 Å². The van der Waals surface area contributed by atoms with Gasteiger partial charge >= 0.3 is 0 Å². The maximum absolute atomic E-state index is 12.6. The Bertz CT molecular complexity index is 972. The Morgan fingerprint density at radius 3 is 2.43 bits per heavy atom. The molecule has 0 heterocycles. The number of carbonyl (C=O) groups excluding carboxylic acids is 1. The highest BCUT2D eigenvalue weighted by Crippen LogP contribution is 2.50. The average molecular weight is 384 g/mol. The van der Waals surface area contributed by atoms with Crippen molar-refractivity contribution < 1.29 is 19.0 Å². The highest BCUT2D eigenvalue weighted by molar-refractivity contribution is 5.83.